The van der Waals surface area contributed by atoms with E-state index in [4.69, 9.17) is 15.2 Å². The fraction of sp³-hybridized carbons (Fsp3) is 0.160. The van der Waals surface area contributed by atoms with Crippen molar-refractivity contribution in [3.8, 4) is 22.8 Å². The predicted molar refractivity (Wildman–Crippen MR) is 124 cm³/mol. The molecule has 0 atom stereocenters. The lowest BCUT2D eigenvalue weighted by Crippen LogP contribution is -1.98. The topological polar surface area (TPSA) is 57.4 Å². The molecule has 0 saturated heterocycles. The van der Waals surface area contributed by atoms with Gasteiger partial charge < -0.3 is 15.2 Å². The Balaban J connectivity index is 1.69. The molecule has 2 N–H and O–H groups in total. The number of nitrogen functional groups attached to an aromatic ring is 1. The first kappa shape index (κ1) is 20.0. The van der Waals surface area contributed by atoms with E-state index in [9.17, 15) is 0 Å². The zero-order valence-corrected chi connectivity index (χ0v) is 17.9. The molecule has 0 aliphatic heterocycles. The largest absolute Gasteiger partial charge is 0.497 e. The van der Waals surface area contributed by atoms with Crippen molar-refractivity contribution in [2.75, 3.05) is 20.0 Å². The van der Waals surface area contributed by atoms with Gasteiger partial charge in [0.15, 0.2) is 5.13 Å². The van der Waals surface area contributed by atoms with Crippen LogP contribution in [0.5, 0.6) is 11.5 Å². The number of para-hydroxylation sites is 1. The Morgan fingerprint density at radius 1 is 0.833 bits per heavy atom. The molecule has 0 bridgehead atoms. The standard InChI is InChI=1S/C25H24N2O2S/c1-28-21-11-8-17(9-12-21)13-19-10-7-18(14-20-5-3-4-6-24(20)29-2)15-22(19)23-16-30-25(26)27-23/h3-12,15-16H,13-14H2,1-2H3,(H2,26,27). The first-order valence-electron chi connectivity index (χ1n) is 9.74. The molecule has 0 spiro atoms. The fourth-order valence-corrected chi connectivity index (χ4v) is 4.13. The highest BCUT2D eigenvalue weighted by Crippen LogP contribution is 2.31. The minimum atomic E-state index is 0.579. The molecule has 0 radical (unpaired) electrons. The van der Waals surface area contributed by atoms with Gasteiger partial charge in [-0.15, -0.1) is 11.3 Å². The van der Waals surface area contributed by atoms with Gasteiger partial charge in [-0.05, 0) is 52.9 Å². The summed E-state index contributed by atoms with van der Waals surface area (Å²) in [5, 5.41) is 2.60. The average molecular weight is 417 g/mol. The van der Waals surface area contributed by atoms with Crippen LogP contribution >= 0.6 is 11.3 Å². The normalized spacial score (nSPS) is 10.7. The number of hydrogen-bond acceptors (Lipinski definition) is 5. The van der Waals surface area contributed by atoms with E-state index in [0.29, 0.717) is 5.13 Å². The summed E-state index contributed by atoms with van der Waals surface area (Å²) >= 11 is 1.47. The van der Waals surface area contributed by atoms with E-state index in [0.717, 1.165) is 41.2 Å². The molecule has 30 heavy (non-hydrogen) atoms. The Labute approximate surface area is 180 Å². The monoisotopic (exact) mass is 416 g/mol. The highest BCUT2D eigenvalue weighted by atomic mass is 32.1. The summed E-state index contributed by atoms with van der Waals surface area (Å²) in [6.07, 6.45) is 1.60. The van der Waals surface area contributed by atoms with Crippen LogP contribution in [0.15, 0.2) is 72.1 Å². The Morgan fingerprint density at radius 2 is 1.57 bits per heavy atom. The van der Waals surface area contributed by atoms with Crippen molar-refractivity contribution in [1.29, 1.82) is 0 Å². The fourth-order valence-electron chi connectivity index (χ4n) is 3.57. The number of nitrogens with zero attached hydrogens (tertiary/aromatic N) is 1. The summed E-state index contributed by atoms with van der Waals surface area (Å²) in [4.78, 5) is 4.54. The summed E-state index contributed by atoms with van der Waals surface area (Å²) in [6.45, 7) is 0. The third-order valence-electron chi connectivity index (χ3n) is 5.11. The maximum Gasteiger partial charge on any atom is 0.180 e. The molecule has 0 aliphatic rings. The number of benzene rings is 3. The maximum absolute atomic E-state index is 5.93. The second-order valence-corrected chi connectivity index (χ2v) is 7.97. The van der Waals surface area contributed by atoms with Gasteiger partial charge in [-0.25, -0.2) is 4.98 Å². The number of ether oxygens (including phenoxy) is 2. The molecule has 4 nitrogen and oxygen atoms in total. The zero-order valence-electron chi connectivity index (χ0n) is 17.1. The van der Waals surface area contributed by atoms with Crippen LogP contribution in [0.3, 0.4) is 0 Å². The average Bonchev–Trinajstić information content (AvgIpc) is 3.22. The molecule has 5 heteroatoms. The third-order valence-corrected chi connectivity index (χ3v) is 5.79. The van der Waals surface area contributed by atoms with Gasteiger partial charge in [0.25, 0.3) is 0 Å². The van der Waals surface area contributed by atoms with Crippen LogP contribution in [0.25, 0.3) is 11.3 Å². The minimum Gasteiger partial charge on any atom is -0.497 e. The molecule has 0 unspecified atom stereocenters. The van der Waals surface area contributed by atoms with Gasteiger partial charge in [0.1, 0.15) is 11.5 Å². The number of methoxy groups -OCH3 is 2. The van der Waals surface area contributed by atoms with Gasteiger partial charge >= 0.3 is 0 Å². The quantitative estimate of drug-likeness (QED) is 0.427. The zero-order chi connectivity index (χ0) is 20.9. The predicted octanol–water partition coefficient (Wildman–Crippen LogP) is 5.59. The first-order valence-corrected chi connectivity index (χ1v) is 10.6. The van der Waals surface area contributed by atoms with Crippen molar-refractivity contribution in [3.63, 3.8) is 0 Å². The molecule has 0 saturated carbocycles. The Bertz CT molecular complexity index is 1140. The van der Waals surface area contributed by atoms with Crippen molar-refractivity contribution in [2.45, 2.75) is 12.8 Å². The van der Waals surface area contributed by atoms with E-state index in [-0.39, 0.29) is 0 Å². The second-order valence-electron chi connectivity index (χ2n) is 7.08. The molecule has 4 rings (SSSR count). The lowest BCUT2D eigenvalue weighted by atomic mass is 9.94. The van der Waals surface area contributed by atoms with Crippen LogP contribution in [0, 0.1) is 0 Å². The van der Waals surface area contributed by atoms with Gasteiger partial charge in [-0.2, -0.15) is 0 Å². The number of rotatable bonds is 7. The molecule has 0 aliphatic carbocycles. The van der Waals surface area contributed by atoms with Gasteiger partial charge in [0.2, 0.25) is 0 Å². The van der Waals surface area contributed by atoms with Crippen molar-refractivity contribution in [1.82, 2.24) is 4.98 Å². The van der Waals surface area contributed by atoms with Crippen LogP contribution in [0.1, 0.15) is 22.3 Å². The van der Waals surface area contributed by atoms with Gasteiger partial charge in [-0.1, -0.05) is 42.5 Å². The molecular weight excluding hydrogens is 392 g/mol. The summed E-state index contributed by atoms with van der Waals surface area (Å²) in [7, 11) is 3.39. The van der Waals surface area contributed by atoms with E-state index >= 15 is 0 Å². The first-order chi connectivity index (χ1) is 14.7. The smallest absolute Gasteiger partial charge is 0.180 e. The van der Waals surface area contributed by atoms with Crippen LogP contribution < -0.4 is 15.2 Å². The van der Waals surface area contributed by atoms with Gasteiger partial charge in [-0.3, -0.25) is 0 Å². The highest BCUT2D eigenvalue weighted by Gasteiger charge is 2.12. The van der Waals surface area contributed by atoms with Gasteiger partial charge in [0.05, 0.1) is 19.9 Å². The van der Waals surface area contributed by atoms with E-state index in [1.807, 2.05) is 35.7 Å². The van der Waals surface area contributed by atoms with Crippen LogP contribution in [-0.2, 0) is 12.8 Å². The summed E-state index contributed by atoms with van der Waals surface area (Å²) in [6, 6.07) is 22.9. The molecule has 0 amide bonds. The van der Waals surface area contributed by atoms with Crippen molar-refractivity contribution >= 4 is 16.5 Å². The molecule has 152 valence electrons. The summed E-state index contributed by atoms with van der Waals surface area (Å²) < 4.78 is 10.8. The van der Waals surface area contributed by atoms with Gasteiger partial charge in [0, 0.05) is 17.4 Å². The van der Waals surface area contributed by atoms with E-state index in [1.54, 1.807) is 14.2 Å². The SMILES string of the molecule is COc1ccc(Cc2ccc(Cc3ccccc3OC)cc2-c2csc(N)n2)cc1. The molecule has 1 heterocycles. The maximum atomic E-state index is 5.93. The van der Waals surface area contributed by atoms with Crippen molar-refractivity contribution in [3.05, 3.63) is 94.4 Å². The number of hydrogen-bond donors (Lipinski definition) is 1. The highest BCUT2D eigenvalue weighted by molar-refractivity contribution is 7.13. The van der Waals surface area contributed by atoms with Crippen LogP contribution in [-0.4, -0.2) is 19.2 Å². The second kappa shape index (κ2) is 9.01. The summed E-state index contributed by atoms with van der Waals surface area (Å²) in [5.74, 6) is 1.76. The van der Waals surface area contributed by atoms with E-state index in [2.05, 4.69) is 41.4 Å². The number of anilines is 1. The number of thiazole rings is 1. The van der Waals surface area contributed by atoms with E-state index < -0.39 is 0 Å². The van der Waals surface area contributed by atoms with Crippen LogP contribution in [0.4, 0.5) is 5.13 Å². The molecule has 1 aromatic heterocycles. The molecule has 4 aromatic rings. The van der Waals surface area contributed by atoms with Crippen molar-refractivity contribution in [2.24, 2.45) is 0 Å². The molecule has 0 fully saturated rings. The lowest BCUT2D eigenvalue weighted by molar-refractivity contribution is 0.410. The molecular formula is C25H24N2O2S. The van der Waals surface area contributed by atoms with E-state index in [1.165, 1.54) is 28.0 Å². The third kappa shape index (κ3) is 4.47. The van der Waals surface area contributed by atoms with Crippen LogP contribution in [0.2, 0.25) is 0 Å². The molecule has 3 aromatic carbocycles. The van der Waals surface area contributed by atoms with Crippen molar-refractivity contribution < 1.29 is 9.47 Å². The Hall–Kier alpha value is -3.31. The Kier molecular flexibility index (Phi) is 6.00. The lowest BCUT2D eigenvalue weighted by Gasteiger charge is -2.13. The number of aromatic nitrogens is 1. The Morgan fingerprint density at radius 3 is 2.27 bits per heavy atom. The minimum absolute atomic E-state index is 0.579. The number of nitrogens with two attached hydrogens (primary N) is 1. The summed E-state index contributed by atoms with van der Waals surface area (Å²) in [5.41, 5.74) is 12.8.